The van der Waals surface area contributed by atoms with Gasteiger partial charge in [-0.25, -0.2) is 0 Å². The molecule has 1 atom stereocenters. The molecule has 1 aliphatic rings. The van der Waals surface area contributed by atoms with E-state index >= 15 is 0 Å². The number of sulfone groups is 1. The second-order valence-corrected chi connectivity index (χ2v) is 8.20. The minimum atomic E-state index is -3.00. The Morgan fingerprint density at radius 2 is 2.15 bits per heavy atom. The first-order chi connectivity index (χ1) is 5.83. The van der Waals surface area contributed by atoms with Gasteiger partial charge >= 0.3 is 87.9 Å². The fourth-order valence-electron chi connectivity index (χ4n) is 0.834. The van der Waals surface area contributed by atoms with Crippen LogP contribution in [0.4, 0.5) is 0 Å². The van der Waals surface area contributed by atoms with E-state index in [1.165, 1.54) is 0 Å². The van der Waals surface area contributed by atoms with Crippen LogP contribution in [-0.4, -0.2) is 33.7 Å². The SMILES string of the molecule is CS(=O)(=O)CCCC(=O)[N+]1([O-])C[I-]1. The van der Waals surface area contributed by atoms with Crippen molar-refractivity contribution in [2.45, 2.75) is 12.8 Å². The average Bonchev–Trinajstić information content (AvgIpc) is 2.66. The van der Waals surface area contributed by atoms with Crippen molar-refractivity contribution in [3.05, 3.63) is 5.21 Å². The van der Waals surface area contributed by atoms with Crippen LogP contribution in [-0.2, 0) is 14.6 Å². The van der Waals surface area contributed by atoms with Gasteiger partial charge in [0.2, 0.25) is 0 Å². The van der Waals surface area contributed by atoms with Gasteiger partial charge in [-0.2, -0.15) is 0 Å². The van der Waals surface area contributed by atoms with Crippen molar-refractivity contribution in [2.24, 2.45) is 0 Å². The molecule has 78 valence electrons. The summed E-state index contributed by atoms with van der Waals surface area (Å²) in [6.45, 7) is 0. The van der Waals surface area contributed by atoms with Crippen LogP contribution in [0.25, 0.3) is 0 Å². The molecule has 0 aromatic heterocycles. The molecule has 0 saturated carbocycles. The molecule has 0 aliphatic carbocycles. The van der Waals surface area contributed by atoms with Gasteiger partial charge in [0.25, 0.3) is 0 Å². The van der Waals surface area contributed by atoms with Crippen molar-refractivity contribution < 1.29 is 37.6 Å². The first-order valence-electron chi connectivity index (χ1n) is 3.75. The van der Waals surface area contributed by atoms with E-state index in [1.807, 2.05) is 0 Å². The van der Waals surface area contributed by atoms with Crippen LogP contribution >= 0.6 is 0 Å². The second kappa shape index (κ2) is 3.79. The third-order valence-electron chi connectivity index (χ3n) is 1.61. The van der Waals surface area contributed by atoms with Crippen LogP contribution in [0.15, 0.2) is 0 Å². The van der Waals surface area contributed by atoms with Crippen LogP contribution in [0.2, 0.25) is 0 Å². The Morgan fingerprint density at radius 3 is 2.54 bits per heavy atom. The van der Waals surface area contributed by atoms with Gasteiger partial charge in [0.1, 0.15) is 0 Å². The van der Waals surface area contributed by atoms with Crippen molar-refractivity contribution in [3.8, 4) is 0 Å². The molecule has 1 unspecified atom stereocenters. The maximum atomic E-state index is 11.2. The van der Waals surface area contributed by atoms with Crippen LogP contribution < -0.4 is 21.5 Å². The van der Waals surface area contributed by atoms with Crippen molar-refractivity contribution in [1.82, 2.24) is 0 Å². The molecule has 1 amide bonds. The van der Waals surface area contributed by atoms with Crippen LogP contribution in [0.5, 0.6) is 0 Å². The van der Waals surface area contributed by atoms with Gasteiger partial charge in [-0.15, -0.1) is 0 Å². The van der Waals surface area contributed by atoms with E-state index in [-0.39, 0.29) is 24.5 Å². The number of carbonyl (C=O) groups is 1. The van der Waals surface area contributed by atoms with E-state index in [9.17, 15) is 18.4 Å². The molecule has 1 heterocycles. The maximum absolute atomic E-state index is 11.2. The minimum absolute atomic E-state index is 0.00292. The molecule has 5 nitrogen and oxygen atoms in total. The summed E-state index contributed by atoms with van der Waals surface area (Å²) in [4.78, 5) is 11.1. The molecule has 0 aromatic carbocycles. The van der Waals surface area contributed by atoms with Crippen LogP contribution in [0, 0.1) is 5.21 Å². The number of nitrogens with zero attached hydrogens (tertiary/aromatic N) is 1. The number of alkyl halides is 1. The molecule has 0 bridgehead atoms. The van der Waals surface area contributed by atoms with E-state index in [0.717, 1.165) is 6.26 Å². The molecular weight excluding hydrogens is 309 g/mol. The standard InChI is InChI=1S/C6H11INO4S/c1-13(11,12)4-2-3-6(9)8(10)5-7-8/h2-5H2,1H3/q-1. The Labute approximate surface area is 87.8 Å². The van der Waals surface area contributed by atoms with Gasteiger partial charge in [-0.1, -0.05) is 0 Å². The van der Waals surface area contributed by atoms with Gasteiger partial charge in [-0.3, -0.25) is 0 Å². The summed E-state index contributed by atoms with van der Waals surface area (Å²) in [5, 5.41) is 11.2. The number of rotatable bonds is 4. The van der Waals surface area contributed by atoms with Crippen LogP contribution in [0.1, 0.15) is 12.8 Å². The van der Waals surface area contributed by atoms with Gasteiger partial charge < -0.3 is 0 Å². The van der Waals surface area contributed by atoms with Gasteiger partial charge in [0.15, 0.2) is 0 Å². The number of halogens is 1. The number of hydroxylamine groups is 2. The van der Waals surface area contributed by atoms with Gasteiger partial charge in [-0.05, 0) is 0 Å². The van der Waals surface area contributed by atoms with Crippen molar-refractivity contribution in [3.63, 3.8) is 0 Å². The molecule has 1 fully saturated rings. The molecule has 0 radical (unpaired) electrons. The molecule has 1 saturated heterocycles. The zero-order valence-electron chi connectivity index (χ0n) is 7.19. The molecular formula is C6H11INO4S-. The summed E-state index contributed by atoms with van der Waals surface area (Å²) in [5.41, 5.74) is 0. The Hall–Kier alpha value is 0.270. The molecule has 0 N–H and O–H groups in total. The van der Waals surface area contributed by atoms with Gasteiger partial charge in [0.05, 0.1) is 0 Å². The number of amides is 1. The molecule has 1 rings (SSSR count). The van der Waals surface area contributed by atoms with E-state index in [2.05, 4.69) is 0 Å². The Balaban J connectivity index is 2.24. The number of hydrogen-bond acceptors (Lipinski definition) is 4. The predicted octanol–water partition coefficient (Wildman–Crippen LogP) is -3.37. The van der Waals surface area contributed by atoms with Crippen molar-refractivity contribution >= 4 is 15.7 Å². The molecule has 0 spiro atoms. The molecule has 13 heavy (non-hydrogen) atoms. The third kappa shape index (κ3) is 3.88. The summed E-state index contributed by atoms with van der Waals surface area (Å²) in [6, 6.07) is 0. The van der Waals surface area contributed by atoms with Gasteiger partial charge in [0, 0.05) is 0 Å². The molecule has 0 aromatic rings. The fraction of sp³-hybridized carbons (Fsp3) is 0.833. The number of quaternary nitrogens is 1. The average molecular weight is 320 g/mol. The molecule has 1 aliphatic heterocycles. The first-order valence-corrected chi connectivity index (χ1v) is 8.30. The molecule has 7 heteroatoms. The topological polar surface area (TPSA) is 74.3 Å². The Bertz CT molecular complexity index is 309. The quantitative estimate of drug-likeness (QED) is 0.135. The summed E-state index contributed by atoms with van der Waals surface area (Å²) < 4.78 is 21.2. The van der Waals surface area contributed by atoms with E-state index in [4.69, 9.17) is 0 Å². The summed E-state index contributed by atoms with van der Waals surface area (Å²) in [5.74, 6) is -0.340. The zero-order valence-corrected chi connectivity index (χ0v) is 10.2. The monoisotopic (exact) mass is 320 g/mol. The summed E-state index contributed by atoms with van der Waals surface area (Å²) in [6.07, 6.45) is 1.52. The number of carbonyl (C=O) groups excluding carboxylic acids is 1. The third-order valence-corrected chi connectivity index (χ3v) is 5.10. The summed E-state index contributed by atoms with van der Waals surface area (Å²) >= 11 is -0.513. The first kappa shape index (κ1) is 11.3. The number of hydrogen-bond donors (Lipinski definition) is 0. The second-order valence-electron chi connectivity index (χ2n) is 3.02. The summed E-state index contributed by atoms with van der Waals surface area (Å²) in [7, 11) is -3.00. The van der Waals surface area contributed by atoms with Crippen LogP contribution in [0.3, 0.4) is 0 Å². The zero-order chi connectivity index (χ0) is 10.1. The van der Waals surface area contributed by atoms with Crippen molar-refractivity contribution in [2.75, 3.05) is 16.6 Å². The van der Waals surface area contributed by atoms with Crippen molar-refractivity contribution in [1.29, 1.82) is 0 Å². The van der Waals surface area contributed by atoms with E-state index in [1.54, 1.807) is 0 Å². The Morgan fingerprint density at radius 1 is 1.62 bits per heavy atom. The van der Waals surface area contributed by atoms with E-state index in [0.29, 0.717) is 4.55 Å². The van der Waals surface area contributed by atoms with E-state index < -0.39 is 34.2 Å². The Kier molecular flexibility index (Phi) is 3.31. The fourth-order valence-corrected chi connectivity index (χ4v) is 2.78. The normalized spacial score (nSPS) is 27.8. The predicted molar refractivity (Wildman–Crippen MR) is 42.4 cm³/mol.